The summed E-state index contributed by atoms with van der Waals surface area (Å²) in [5.74, 6) is -16.6. The quantitative estimate of drug-likeness (QED) is 0.371. The third-order valence-electron chi connectivity index (χ3n) is 2.71. The van der Waals surface area contributed by atoms with Gasteiger partial charge < -0.3 is 20.4 Å². The number of phenols is 4. The fraction of sp³-hybridized carbons (Fsp3) is 0. The molecule has 9 heteroatoms. The van der Waals surface area contributed by atoms with Gasteiger partial charge in [0, 0.05) is 5.56 Å². The highest BCUT2D eigenvalue weighted by atomic mass is 19.2. The third kappa shape index (κ3) is 1.97. The van der Waals surface area contributed by atoms with Crippen LogP contribution >= 0.6 is 0 Å². The van der Waals surface area contributed by atoms with Crippen molar-refractivity contribution in [2.24, 2.45) is 0 Å². The van der Waals surface area contributed by atoms with Gasteiger partial charge in [-0.15, -0.1) is 0 Å². The van der Waals surface area contributed by atoms with Gasteiger partial charge in [0.1, 0.15) is 0 Å². The molecule has 0 unspecified atom stereocenters. The lowest BCUT2D eigenvalue weighted by atomic mass is 10.0. The van der Waals surface area contributed by atoms with Crippen LogP contribution in [0, 0.1) is 29.1 Å². The molecule has 0 aliphatic rings. The second kappa shape index (κ2) is 4.69. The van der Waals surface area contributed by atoms with E-state index in [9.17, 15) is 37.3 Å². The molecule has 4 nitrogen and oxygen atoms in total. The zero-order valence-corrected chi connectivity index (χ0v) is 9.76. The molecule has 21 heavy (non-hydrogen) atoms. The summed E-state index contributed by atoms with van der Waals surface area (Å²) in [5, 5.41) is 37.2. The summed E-state index contributed by atoms with van der Waals surface area (Å²) in [4.78, 5) is 0. The molecular weight excluding hydrogens is 303 g/mol. The molecule has 2 aromatic carbocycles. The van der Waals surface area contributed by atoms with Crippen LogP contribution in [0.1, 0.15) is 0 Å². The molecule has 0 spiro atoms. The maximum Gasteiger partial charge on any atom is 0.204 e. The van der Waals surface area contributed by atoms with Crippen LogP contribution in [0.2, 0.25) is 0 Å². The molecule has 0 bridgehead atoms. The zero-order valence-electron chi connectivity index (χ0n) is 9.76. The van der Waals surface area contributed by atoms with E-state index in [4.69, 9.17) is 5.11 Å². The van der Waals surface area contributed by atoms with Gasteiger partial charge >= 0.3 is 0 Å². The van der Waals surface area contributed by atoms with Crippen molar-refractivity contribution < 1.29 is 42.4 Å². The number of aromatic hydroxyl groups is 4. The summed E-state index contributed by atoms with van der Waals surface area (Å²) in [6, 6.07) is 0.291. The van der Waals surface area contributed by atoms with E-state index >= 15 is 0 Å². The second-order valence-corrected chi connectivity index (χ2v) is 3.93. The van der Waals surface area contributed by atoms with Crippen LogP contribution in [0.25, 0.3) is 11.1 Å². The summed E-state index contributed by atoms with van der Waals surface area (Å²) in [7, 11) is 0. The molecule has 0 radical (unpaired) electrons. The number of hydrogen-bond donors (Lipinski definition) is 4. The van der Waals surface area contributed by atoms with Gasteiger partial charge in [-0.05, 0) is 6.07 Å². The van der Waals surface area contributed by atoms with Gasteiger partial charge in [0.2, 0.25) is 29.1 Å². The van der Waals surface area contributed by atoms with Crippen molar-refractivity contribution >= 4 is 0 Å². The average molecular weight is 308 g/mol. The lowest BCUT2D eigenvalue weighted by molar-refractivity contribution is 0.356. The Morgan fingerprint density at radius 1 is 0.571 bits per heavy atom. The Balaban J connectivity index is 2.93. The first-order chi connectivity index (χ1) is 9.68. The van der Waals surface area contributed by atoms with Crippen molar-refractivity contribution in [3.8, 4) is 34.1 Å². The van der Waals surface area contributed by atoms with Crippen molar-refractivity contribution in [3.05, 3.63) is 35.2 Å². The van der Waals surface area contributed by atoms with E-state index in [1.54, 1.807) is 0 Å². The normalized spacial score (nSPS) is 10.9. The number of phenolic OH excluding ortho intramolecular Hbond substituents is 4. The highest BCUT2D eigenvalue weighted by molar-refractivity contribution is 5.82. The second-order valence-electron chi connectivity index (χ2n) is 3.93. The summed E-state index contributed by atoms with van der Waals surface area (Å²) >= 11 is 0. The fourth-order valence-electron chi connectivity index (χ4n) is 1.68. The largest absolute Gasteiger partial charge is 0.505 e. The molecule has 4 N–H and O–H groups in total. The lowest BCUT2D eigenvalue weighted by Gasteiger charge is -2.13. The molecule has 0 saturated carbocycles. The molecule has 0 amide bonds. The standard InChI is InChI=1S/C12H5F5O4/c13-5-3(18)1-2(10(19)7(5)15)4-11(20)8(16)6(14)9(17)12(4)21/h1,18-21H. The maximum absolute atomic E-state index is 13.3. The number of halogens is 5. The topological polar surface area (TPSA) is 80.9 Å². The Kier molecular flexibility index (Phi) is 3.28. The number of rotatable bonds is 1. The van der Waals surface area contributed by atoms with Crippen LogP contribution in [0.4, 0.5) is 22.0 Å². The Hall–Kier alpha value is -2.71. The van der Waals surface area contributed by atoms with E-state index in [-0.39, 0.29) is 0 Å². The highest BCUT2D eigenvalue weighted by Gasteiger charge is 2.29. The molecule has 0 fully saturated rings. The van der Waals surface area contributed by atoms with Crippen molar-refractivity contribution in [3.63, 3.8) is 0 Å². The highest BCUT2D eigenvalue weighted by Crippen LogP contribution is 2.47. The lowest BCUT2D eigenvalue weighted by Crippen LogP contribution is -1.97. The first kappa shape index (κ1) is 14.7. The Bertz CT molecular complexity index is 731. The molecule has 112 valence electrons. The summed E-state index contributed by atoms with van der Waals surface area (Å²) < 4.78 is 65.7. The summed E-state index contributed by atoms with van der Waals surface area (Å²) in [6.45, 7) is 0. The van der Waals surface area contributed by atoms with Gasteiger partial charge in [0.15, 0.2) is 23.0 Å². The Morgan fingerprint density at radius 3 is 1.48 bits per heavy atom. The van der Waals surface area contributed by atoms with Crippen LogP contribution < -0.4 is 0 Å². The average Bonchev–Trinajstić information content (AvgIpc) is 2.46. The van der Waals surface area contributed by atoms with Crippen molar-refractivity contribution in [1.82, 2.24) is 0 Å². The van der Waals surface area contributed by atoms with Crippen LogP contribution in [0.3, 0.4) is 0 Å². The molecule has 2 aromatic rings. The minimum absolute atomic E-state index is 0.291. The maximum atomic E-state index is 13.3. The fourth-order valence-corrected chi connectivity index (χ4v) is 1.68. The number of hydrogen-bond acceptors (Lipinski definition) is 4. The van der Waals surface area contributed by atoms with E-state index in [0.717, 1.165) is 0 Å². The summed E-state index contributed by atoms with van der Waals surface area (Å²) in [5.41, 5.74) is -2.29. The SMILES string of the molecule is Oc1cc(-c2c(O)c(F)c(F)c(F)c2O)c(O)c(F)c1F. The predicted octanol–water partition coefficient (Wildman–Crippen LogP) is 2.87. The van der Waals surface area contributed by atoms with Crippen LogP contribution in [-0.2, 0) is 0 Å². The van der Waals surface area contributed by atoms with Gasteiger partial charge in [0.25, 0.3) is 0 Å². The van der Waals surface area contributed by atoms with Gasteiger partial charge in [-0.1, -0.05) is 0 Å². The molecular formula is C12H5F5O4. The minimum atomic E-state index is -2.21. The molecule has 0 atom stereocenters. The monoisotopic (exact) mass is 308 g/mol. The molecule has 0 aromatic heterocycles. The van der Waals surface area contributed by atoms with E-state index < -0.39 is 63.2 Å². The van der Waals surface area contributed by atoms with E-state index in [0.29, 0.717) is 6.07 Å². The van der Waals surface area contributed by atoms with Crippen molar-refractivity contribution in [1.29, 1.82) is 0 Å². The first-order valence-electron chi connectivity index (χ1n) is 5.17. The third-order valence-corrected chi connectivity index (χ3v) is 2.71. The van der Waals surface area contributed by atoms with Gasteiger partial charge in [0.05, 0.1) is 5.56 Å². The number of benzene rings is 2. The predicted molar refractivity (Wildman–Crippen MR) is 58.3 cm³/mol. The van der Waals surface area contributed by atoms with Gasteiger partial charge in [-0.25, -0.2) is 4.39 Å². The smallest absolute Gasteiger partial charge is 0.204 e. The molecule has 2 rings (SSSR count). The Morgan fingerprint density at radius 2 is 1.00 bits per heavy atom. The minimum Gasteiger partial charge on any atom is -0.505 e. The first-order valence-corrected chi connectivity index (χ1v) is 5.17. The van der Waals surface area contributed by atoms with Crippen molar-refractivity contribution in [2.75, 3.05) is 0 Å². The molecule has 0 aliphatic carbocycles. The molecule has 0 heterocycles. The van der Waals surface area contributed by atoms with Crippen LogP contribution in [-0.4, -0.2) is 20.4 Å². The Labute approximate surface area is 112 Å². The van der Waals surface area contributed by atoms with Crippen molar-refractivity contribution in [2.45, 2.75) is 0 Å². The van der Waals surface area contributed by atoms with Gasteiger partial charge in [-0.2, -0.15) is 17.6 Å². The van der Waals surface area contributed by atoms with E-state index in [1.807, 2.05) is 0 Å². The molecule has 0 aliphatic heterocycles. The molecule has 0 saturated heterocycles. The van der Waals surface area contributed by atoms with E-state index in [1.165, 1.54) is 0 Å². The van der Waals surface area contributed by atoms with E-state index in [2.05, 4.69) is 0 Å². The summed E-state index contributed by atoms with van der Waals surface area (Å²) in [6.07, 6.45) is 0. The van der Waals surface area contributed by atoms with Crippen LogP contribution in [0.5, 0.6) is 23.0 Å². The van der Waals surface area contributed by atoms with Gasteiger partial charge in [-0.3, -0.25) is 0 Å². The van der Waals surface area contributed by atoms with Crippen LogP contribution in [0.15, 0.2) is 6.07 Å². The zero-order chi connectivity index (χ0) is 16.1.